The van der Waals surface area contributed by atoms with Gasteiger partial charge in [-0.3, -0.25) is 14.6 Å². The lowest BCUT2D eigenvalue weighted by molar-refractivity contribution is 0.573. The summed E-state index contributed by atoms with van der Waals surface area (Å²) in [6.45, 7) is 7.23. The number of hydrogen-bond acceptors (Lipinski definition) is 1. The number of nitrogens with zero attached hydrogens (tertiary/aromatic N) is 1. The minimum atomic E-state index is 0.0681. The van der Waals surface area contributed by atoms with E-state index in [4.69, 9.17) is 0 Å². The zero-order valence-electron chi connectivity index (χ0n) is 12.7. The summed E-state index contributed by atoms with van der Waals surface area (Å²) in [4.78, 5) is 12.2. The monoisotopic (exact) mass is 272 g/mol. The summed E-state index contributed by atoms with van der Waals surface area (Å²) in [7, 11) is 0. The molecule has 2 rings (SSSR count). The van der Waals surface area contributed by atoms with E-state index in [1.165, 1.54) is 5.56 Å². The molecule has 0 aliphatic heterocycles. The zero-order chi connectivity index (χ0) is 14.5. The molecule has 0 amide bonds. The van der Waals surface area contributed by atoms with Crippen molar-refractivity contribution in [2.75, 3.05) is 0 Å². The van der Waals surface area contributed by atoms with Crippen molar-refractivity contribution in [2.24, 2.45) is 0 Å². The Morgan fingerprint density at radius 3 is 2.40 bits per heavy atom. The SMILES string of the molecule is CCCCn1[nH]c(=O)c(CCC)c1-c1ccc(C)cc1. The standard InChI is InChI=1S/C17H24N2O/c1-4-6-12-19-16(14-10-8-13(3)9-11-14)15(7-5-2)17(20)18-19/h8-11H,4-7,12H2,1-3H3,(H,18,20). The molecular formula is C17H24N2O. The molecule has 0 fully saturated rings. The van der Waals surface area contributed by atoms with Crippen molar-refractivity contribution >= 4 is 0 Å². The number of H-pyrrole nitrogens is 1. The normalized spacial score (nSPS) is 10.9. The summed E-state index contributed by atoms with van der Waals surface area (Å²) < 4.78 is 2.03. The quantitative estimate of drug-likeness (QED) is 0.850. The number of aryl methyl sites for hydroxylation is 2. The molecule has 1 N–H and O–H groups in total. The van der Waals surface area contributed by atoms with Crippen molar-refractivity contribution in [3.05, 3.63) is 45.7 Å². The Labute approximate surface area is 120 Å². The van der Waals surface area contributed by atoms with Gasteiger partial charge in [-0.1, -0.05) is 56.5 Å². The van der Waals surface area contributed by atoms with Crippen LogP contribution in [0.4, 0.5) is 0 Å². The Kier molecular flexibility index (Phi) is 4.83. The second kappa shape index (κ2) is 6.60. The smallest absolute Gasteiger partial charge is 0.267 e. The predicted molar refractivity (Wildman–Crippen MR) is 84.1 cm³/mol. The highest BCUT2D eigenvalue weighted by Crippen LogP contribution is 2.23. The van der Waals surface area contributed by atoms with Gasteiger partial charge in [0.05, 0.1) is 5.69 Å². The maximum absolute atomic E-state index is 12.2. The Morgan fingerprint density at radius 2 is 1.80 bits per heavy atom. The molecule has 0 unspecified atom stereocenters. The van der Waals surface area contributed by atoms with E-state index in [0.29, 0.717) is 0 Å². The van der Waals surface area contributed by atoms with E-state index in [1.807, 2.05) is 4.68 Å². The first-order valence-electron chi connectivity index (χ1n) is 7.56. The van der Waals surface area contributed by atoms with Crippen molar-refractivity contribution in [2.45, 2.75) is 53.0 Å². The van der Waals surface area contributed by atoms with Gasteiger partial charge < -0.3 is 0 Å². The van der Waals surface area contributed by atoms with Crippen LogP contribution in [0.25, 0.3) is 11.3 Å². The molecule has 1 aromatic carbocycles. The number of nitrogens with one attached hydrogen (secondary N) is 1. The second-order valence-corrected chi connectivity index (χ2v) is 5.39. The van der Waals surface area contributed by atoms with Gasteiger partial charge in [0.15, 0.2) is 0 Å². The Hall–Kier alpha value is -1.77. The van der Waals surface area contributed by atoms with E-state index >= 15 is 0 Å². The Bertz CT molecular complexity index is 605. The summed E-state index contributed by atoms with van der Waals surface area (Å²) in [6.07, 6.45) is 4.02. The van der Waals surface area contributed by atoms with Crippen molar-refractivity contribution in [1.29, 1.82) is 0 Å². The average molecular weight is 272 g/mol. The topological polar surface area (TPSA) is 37.8 Å². The van der Waals surface area contributed by atoms with Gasteiger partial charge in [0.2, 0.25) is 0 Å². The Balaban J connectivity index is 2.51. The minimum Gasteiger partial charge on any atom is -0.284 e. The first-order valence-corrected chi connectivity index (χ1v) is 7.56. The van der Waals surface area contributed by atoms with E-state index in [1.54, 1.807) is 0 Å². The van der Waals surface area contributed by atoms with Crippen molar-refractivity contribution in [3.63, 3.8) is 0 Å². The Morgan fingerprint density at radius 1 is 1.10 bits per heavy atom. The fourth-order valence-electron chi connectivity index (χ4n) is 2.52. The summed E-state index contributed by atoms with van der Waals surface area (Å²) in [5, 5.41) is 3.01. The van der Waals surface area contributed by atoms with E-state index < -0.39 is 0 Å². The lowest BCUT2D eigenvalue weighted by Crippen LogP contribution is -2.08. The van der Waals surface area contributed by atoms with Gasteiger partial charge in [0.1, 0.15) is 0 Å². The van der Waals surface area contributed by atoms with Crippen LogP contribution in [0.3, 0.4) is 0 Å². The van der Waals surface area contributed by atoms with Gasteiger partial charge in [-0.25, -0.2) is 0 Å². The molecule has 3 heteroatoms. The van der Waals surface area contributed by atoms with Crippen molar-refractivity contribution in [3.8, 4) is 11.3 Å². The molecule has 0 bridgehead atoms. The third-order valence-corrected chi connectivity index (χ3v) is 3.63. The van der Waals surface area contributed by atoms with E-state index in [0.717, 1.165) is 49.0 Å². The molecule has 0 spiro atoms. The minimum absolute atomic E-state index is 0.0681. The van der Waals surface area contributed by atoms with E-state index in [9.17, 15) is 4.79 Å². The fraction of sp³-hybridized carbons (Fsp3) is 0.471. The average Bonchev–Trinajstić information content (AvgIpc) is 2.75. The molecule has 0 atom stereocenters. The third-order valence-electron chi connectivity index (χ3n) is 3.63. The fourth-order valence-corrected chi connectivity index (χ4v) is 2.52. The molecule has 3 nitrogen and oxygen atoms in total. The van der Waals surface area contributed by atoms with Gasteiger partial charge in [-0.2, -0.15) is 0 Å². The van der Waals surface area contributed by atoms with Crippen LogP contribution in [0.1, 0.15) is 44.2 Å². The molecule has 0 aliphatic carbocycles. The third kappa shape index (κ3) is 3.03. The molecule has 1 heterocycles. The van der Waals surface area contributed by atoms with E-state index in [2.05, 4.69) is 50.1 Å². The largest absolute Gasteiger partial charge is 0.284 e. The first kappa shape index (κ1) is 14.6. The number of unbranched alkanes of at least 4 members (excludes halogenated alkanes) is 1. The molecular weight excluding hydrogens is 248 g/mol. The molecule has 2 aromatic rings. The summed E-state index contributed by atoms with van der Waals surface area (Å²) in [5.41, 5.74) is 4.44. The molecule has 0 aliphatic rings. The molecule has 0 radical (unpaired) electrons. The van der Waals surface area contributed by atoms with Crippen LogP contribution in [0.2, 0.25) is 0 Å². The highest BCUT2D eigenvalue weighted by molar-refractivity contribution is 5.63. The lowest BCUT2D eigenvalue weighted by atomic mass is 10.0. The maximum atomic E-state index is 12.2. The highest BCUT2D eigenvalue weighted by atomic mass is 16.1. The summed E-state index contributed by atoms with van der Waals surface area (Å²) in [5.74, 6) is 0. The maximum Gasteiger partial charge on any atom is 0.267 e. The van der Waals surface area contributed by atoms with Gasteiger partial charge in [0, 0.05) is 17.7 Å². The number of hydrogen-bond donors (Lipinski definition) is 1. The van der Waals surface area contributed by atoms with Crippen LogP contribution in [-0.4, -0.2) is 9.78 Å². The predicted octanol–water partition coefficient (Wildman–Crippen LogP) is 3.90. The highest BCUT2D eigenvalue weighted by Gasteiger charge is 2.15. The van der Waals surface area contributed by atoms with Crippen LogP contribution >= 0.6 is 0 Å². The van der Waals surface area contributed by atoms with Crippen molar-refractivity contribution in [1.82, 2.24) is 9.78 Å². The van der Waals surface area contributed by atoms with Gasteiger partial charge in [0.25, 0.3) is 5.56 Å². The number of aromatic amines is 1. The van der Waals surface area contributed by atoms with Crippen LogP contribution in [0.5, 0.6) is 0 Å². The number of rotatable bonds is 6. The molecule has 1 aromatic heterocycles. The lowest BCUT2D eigenvalue weighted by Gasteiger charge is -2.10. The zero-order valence-corrected chi connectivity index (χ0v) is 12.7. The van der Waals surface area contributed by atoms with E-state index in [-0.39, 0.29) is 5.56 Å². The molecule has 0 saturated carbocycles. The molecule has 108 valence electrons. The van der Waals surface area contributed by atoms with Gasteiger partial charge >= 0.3 is 0 Å². The number of benzene rings is 1. The molecule has 20 heavy (non-hydrogen) atoms. The van der Waals surface area contributed by atoms with Crippen molar-refractivity contribution < 1.29 is 0 Å². The van der Waals surface area contributed by atoms with Crippen LogP contribution in [-0.2, 0) is 13.0 Å². The van der Waals surface area contributed by atoms with Gasteiger partial charge in [-0.05, 0) is 19.8 Å². The molecule has 0 saturated heterocycles. The summed E-state index contributed by atoms with van der Waals surface area (Å²) >= 11 is 0. The second-order valence-electron chi connectivity index (χ2n) is 5.39. The van der Waals surface area contributed by atoms with Gasteiger partial charge in [-0.15, -0.1) is 0 Å². The first-order chi connectivity index (χ1) is 9.67. The number of aromatic nitrogens is 2. The van der Waals surface area contributed by atoms with Crippen LogP contribution < -0.4 is 5.56 Å². The van der Waals surface area contributed by atoms with Crippen LogP contribution in [0, 0.1) is 6.92 Å². The summed E-state index contributed by atoms with van der Waals surface area (Å²) in [6, 6.07) is 8.43. The van der Waals surface area contributed by atoms with Crippen LogP contribution in [0.15, 0.2) is 29.1 Å².